The molecule has 21 heavy (non-hydrogen) atoms. The van der Waals surface area contributed by atoms with E-state index in [0.717, 1.165) is 29.7 Å². The lowest BCUT2D eigenvalue weighted by molar-refractivity contribution is 0.102. The van der Waals surface area contributed by atoms with Crippen LogP contribution in [0.25, 0.3) is 0 Å². The van der Waals surface area contributed by atoms with Crippen LogP contribution in [-0.2, 0) is 6.42 Å². The highest BCUT2D eigenvalue weighted by Gasteiger charge is 2.09. The maximum Gasteiger partial charge on any atom is 0.255 e. The Kier molecular flexibility index (Phi) is 5.12. The number of benzene rings is 2. The molecule has 3 heteroatoms. The van der Waals surface area contributed by atoms with E-state index >= 15 is 0 Å². The summed E-state index contributed by atoms with van der Waals surface area (Å²) in [5.41, 5.74) is 10.4. The molecule has 0 radical (unpaired) electrons. The lowest BCUT2D eigenvalue weighted by Gasteiger charge is -2.09. The van der Waals surface area contributed by atoms with Crippen molar-refractivity contribution in [3.63, 3.8) is 0 Å². The van der Waals surface area contributed by atoms with Crippen molar-refractivity contribution < 1.29 is 4.79 Å². The van der Waals surface area contributed by atoms with E-state index in [9.17, 15) is 4.79 Å². The second-order valence-electron chi connectivity index (χ2n) is 5.37. The number of hydrogen-bond donors (Lipinski definition) is 2. The third-order valence-corrected chi connectivity index (χ3v) is 3.48. The minimum atomic E-state index is -0.0662. The lowest BCUT2D eigenvalue weighted by Crippen LogP contribution is -2.13. The third-order valence-electron chi connectivity index (χ3n) is 3.48. The van der Waals surface area contributed by atoms with Crippen molar-refractivity contribution in [3.05, 3.63) is 64.7 Å². The second-order valence-corrected chi connectivity index (χ2v) is 5.37. The topological polar surface area (TPSA) is 55.1 Å². The molecule has 2 aromatic rings. The van der Waals surface area contributed by atoms with Gasteiger partial charge in [0.15, 0.2) is 0 Å². The molecule has 0 aliphatic carbocycles. The van der Waals surface area contributed by atoms with Crippen LogP contribution < -0.4 is 11.1 Å². The Labute approximate surface area is 126 Å². The van der Waals surface area contributed by atoms with Gasteiger partial charge >= 0.3 is 0 Å². The second kappa shape index (κ2) is 7.04. The van der Waals surface area contributed by atoms with Crippen LogP contribution in [0.15, 0.2) is 42.5 Å². The van der Waals surface area contributed by atoms with Crippen molar-refractivity contribution in [3.8, 4) is 0 Å². The molecule has 110 valence electrons. The van der Waals surface area contributed by atoms with E-state index in [1.54, 1.807) is 0 Å². The minimum absolute atomic E-state index is 0.0662. The first-order chi connectivity index (χ1) is 10.1. The predicted molar refractivity (Wildman–Crippen MR) is 87.7 cm³/mol. The van der Waals surface area contributed by atoms with E-state index in [4.69, 9.17) is 5.73 Å². The van der Waals surface area contributed by atoms with E-state index < -0.39 is 0 Å². The summed E-state index contributed by atoms with van der Waals surface area (Å²) in [7, 11) is 0. The zero-order chi connectivity index (χ0) is 15.2. The number of amides is 1. The summed E-state index contributed by atoms with van der Waals surface area (Å²) in [4.78, 5) is 12.3. The van der Waals surface area contributed by atoms with Crippen molar-refractivity contribution >= 4 is 11.6 Å². The van der Waals surface area contributed by atoms with Gasteiger partial charge in [0.1, 0.15) is 0 Å². The van der Waals surface area contributed by atoms with Crippen LogP contribution >= 0.6 is 0 Å². The average Bonchev–Trinajstić information content (AvgIpc) is 2.45. The van der Waals surface area contributed by atoms with Crippen molar-refractivity contribution in [2.24, 2.45) is 5.73 Å². The van der Waals surface area contributed by atoms with Gasteiger partial charge in [0.25, 0.3) is 5.91 Å². The zero-order valence-corrected chi connectivity index (χ0v) is 12.6. The number of nitrogens with one attached hydrogen (secondary N) is 1. The molecular formula is C18H22N2O. The first-order valence-electron chi connectivity index (χ1n) is 7.28. The lowest BCUT2D eigenvalue weighted by atomic mass is 10.0. The quantitative estimate of drug-likeness (QED) is 0.882. The summed E-state index contributed by atoms with van der Waals surface area (Å²) >= 11 is 0. The summed E-state index contributed by atoms with van der Waals surface area (Å²) in [6.45, 7) is 4.66. The molecule has 0 bridgehead atoms. The Morgan fingerprint density at radius 3 is 2.67 bits per heavy atom. The molecule has 0 heterocycles. The number of carbonyl (C=O) groups is 1. The van der Waals surface area contributed by atoms with Crippen molar-refractivity contribution in [2.45, 2.75) is 26.7 Å². The van der Waals surface area contributed by atoms with E-state index in [2.05, 4.69) is 11.4 Å². The minimum Gasteiger partial charge on any atom is -0.330 e. The van der Waals surface area contributed by atoms with Gasteiger partial charge in [0.2, 0.25) is 0 Å². The molecular weight excluding hydrogens is 260 g/mol. The molecule has 0 saturated heterocycles. The van der Waals surface area contributed by atoms with Gasteiger partial charge in [-0.3, -0.25) is 4.79 Å². The van der Waals surface area contributed by atoms with Gasteiger partial charge in [0, 0.05) is 11.3 Å². The predicted octanol–water partition coefficient (Wildman–Crippen LogP) is 3.45. The summed E-state index contributed by atoms with van der Waals surface area (Å²) in [6, 6.07) is 13.8. The first-order valence-corrected chi connectivity index (χ1v) is 7.28. The number of rotatable bonds is 5. The fourth-order valence-corrected chi connectivity index (χ4v) is 2.38. The Morgan fingerprint density at radius 2 is 1.95 bits per heavy atom. The highest BCUT2D eigenvalue weighted by Crippen LogP contribution is 2.16. The van der Waals surface area contributed by atoms with Gasteiger partial charge in [-0.05, 0) is 62.6 Å². The molecule has 3 nitrogen and oxygen atoms in total. The van der Waals surface area contributed by atoms with Gasteiger partial charge in [0.05, 0.1) is 0 Å². The molecule has 0 fully saturated rings. The molecule has 0 aromatic heterocycles. The van der Waals surface area contributed by atoms with Gasteiger partial charge in [-0.15, -0.1) is 0 Å². The highest BCUT2D eigenvalue weighted by atomic mass is 16.1. The number of nitrogens with two attached hydrogens (primary N) is 1. The van der Waals surface area contributed by atoms with Crippen molar-refractivity contribution in [1.29, 1.82) is 0 Å². The fraction of sp³-hybridized carbons (Fsp3) is 0.278. The monoisotopic (exact) mass is 282 g/mol. The first kappa shape index (κ1) is 15.3. The number of hydrogen-bond acceptors (Lipinski definition) is 2. The molecule has 0 spiro atoms. The molecule has 0 aliphatic heterocycles. The Hall–Kier alpha value is -2.13. The Morgan fingerprint density at radius 1 is 1.14 bits per heavy atom. The van der Waals surface area contributed by atoms with Crippen LogP contribution in [0.2, 0.25) is 0 Å². The van der Waals surface area contributed by atoms with Crippen molar-refractivity contribution in [1.82, 2.24) is 0 Å². The molecule has 0 saturated carbocycles. The van der Waals surface area contributed by atoms with Crippen LogP contribution in [0, 0.1) is 13.8 Å². The SMILES string of the molecule is Cc1ccc(C(=O)Nc2cccc(CCCN)c2)c(C)c1. The van der Waals surface area contributed by atoms with Gasteiger partial charge in [-0.25, -0.2) is 0 Å². The normalized spacial score (nSPS) is 10.4. The standard InChI is InChI=1S/C18H22N2O/c1-13-8-9-17(14(2)11-13)18(21)20-16-7-3-5-15(12-16)6-4-10-19/h3,5,7-9,11-12H,4,6,10,19H2,1-2H3,(H,20,21). The third kappa shape index (κ3) is 4.17. The van der Waals surface area contributed by atoms with Gasteiger partial charge in [-0.1, -0.05) is 29.8 Å². The highest BCUT2D eigenvalue weighted by molar-refractivity contribution is 6.05. The smallest absolute Gasteiger partial charge is 0.255 e. The fourth-order valence-electron chi connectivity index (χ4n) is 2.38. The van der Waals surface area contributed by atoms with Crippen LogP contribution in [0.5, 0.6) is 0 Å². The zero-order valence-electron chi connectivity index (χ0n) is 12.6. The molecule has 0 aliphatic rings. The molecule has 2 aromatic carbocycles. The molecule has 0 atom stereocenters. The number of anilines is 1. The summed E-state index contributed by atoms with van der Waals surface area (Å²) in [5, 5.41) is 2.97. The number of aryl methyl sites for hydroxylation is 3. The van der Waals surface area contributed by atoms with E-state index in [0.29, 0.717) is 12.1 Å². The Bertz CT molecular complexity index is 635. The van der Waals surface area contributed by atoms with Crippen LogP contribution in [0.3, 0.4) is 0 Å². The maximum absolute atomic E-state index is 12.3. The molecule has 3 N–H and O–H groups in total. The van der Waals surface area contributed by atoms with Crippen LogP contribution in [0.4, 0.5) is 5.69 Å². The number of carbonyl (C=O) groups excluding carboxylic acids is 1. The van der Waals surface area contributed by atoms with Gasteiger partial charge in [-0.2, -0.15) is 0 Å². The van der Waals surface area contributed by atoms with E-state index in [-0.39, 0.29) is 5.91 Å². The van der Waals surface area contributed by atoms with Gasteiger partial charge < -0.3 is 11.1 Å². The largest absolute Gasteiger partial charge is 0.330 e. The molecule has 0 unspecified atom stereocenters. The van der Waals surface area contributed by atoms with Crippen LogP contribution in [-0.4, -0.2) is 12.5 Å². The van der Waals surface area contributed by atoms with E-state index in [1.165, 1.54) is 5.56 Å². The van der Waals surface area contributed by atoms with Crippen molar-refractivity contribution in [2.75, 3.05) is 11.9 Å². The van der Waals surface area contributed by atoms with Crippen LogP contribution in [0.1, 0.15) is 33.5 Å². The summed E-state index contributed by atoms with van der Waals surface area (Å²) < 4.78 is 0. The summed E-state index contributed by atoms with van der Waals surface area (Å²) in [5.74, 6) is -0.0662. The average molecular weight is 282 g/mol. The molecule has 2 rings (SSSR count). The van der Waals surface area contributed by atoms with E-state index in [1.807, 2.05) is 50.2 Å². The summed E-state index contributed by atoms with van der Waals surface area (Å²) in [6.07, 6.45) is 1.89. The Balaban J connectivity index is 2.12. The maximum atomic E-state index is 12.3. The molecule has 1 amide bonds.